The van der Waals surface area contributed by atoms with Crippen molar-refractivity contribution in [2.75, 3.05) is 32.7 Å². The Morgan fingerprint density at radius 3 is 1.81 bits per heavy atom. The van der Waals surface area contributed by atoms with Crippen LogP contribution in [-0.4, -0.2) is 195 Å². The van der Waals surface area contributed by atoms with Crippen LogP contribution in [0.15, 0.2) is 65.0 Å². The maximum absolute atomic E-state index is 14.6. The molecular formula is C55H86N18O13. The first kappa shape index (κ1) is 71.3. The maximum Gasteiger partial charge on any atom is 0.326 e. The van der Waals surface area contributed by atoms with Crippen molar-refractivity contribution in [2.45, 2.75) is 153 Å². The van der Waals surface area contributed by atoms with Crippen LogP contribution >= 0.6 is 0 Å². The van der Waals surface area contributed by atoms with E-state index in [1.54, 1.807) is 39.0 Å². The summed E-state index contributed by atoms with van der Waals surface area (Å²) < 4.78 is 0. The van der Waals surface area contributed by atoms with Crippen LogP contribution in [0.5, 0.6) is 0 Å². The fraction of sp³-hybridized carbons (Fsp3) is 0.545. The number of imidazole rings is 1. The van der Waals surface area contributed by atoms with E-state index < -0.39 is 139 Å². The Morgan fingerprint density at radius 2 is 1.21 bits per heavy atom. The van der Waals surface area contributed by atoms with Crippen LogP contribution in [0.25, 0.3) is 10.8 Å². The lowest BCUT2D eigenvalue weighted by Crippen LogP contribution is -2.62. The van der Waals surface area contributed by atoms with Gasteiger partial charge in [0.05, 0.1) is 37.7 Å². The third kappa shape index (κ3) is 24.0. The lowest BCUT2D eigenvalue weighted by atomic mass is 9.97. The number of aliphatic hydroxyl groups is 2. The molecule has 0 fully saturated rings. The summed E-state index contributed by atoms with van der Waals surface area (Å²) in [5.74, 6) is -10.2. The molecule has 0 aliphatic carbocycles. The molecule has 3 aromatic rings. The van der Waals surface area contributed by atoms with Gasteiger partial charge in [0.2, 0.25) is 53.2 Å². The molecule has 2 aromatic carbocycles. The number of aliphatic imine (C=N–C) groups is 2. The highest BCUT2D eigenvalue weighted by Gasteiger charge is 2.37. The second kappa shape index (κ2) is 36.0. The van der Waals surface area contributed by atoms with Crippen molar-refractivity contribution in [3.63, 3.8) is 0 Å². The number of hydrogen-bond donors (Lipinski definition) is 17. The largest absolute Gasteiger partial charge is 0.480 e. The molecule has 0 radical (unpaired) electrons. The number of aliphatic carboxylic acids is 1. The van der Waals surface area contributed by atoms with E-state index in [1.807, 2.05) is 24.3 Å². The number of aliphatic hydroxyl groups excluding tert-OH is 2. The number of carbonyl (C=O) groups is 10. The van der Waals surface area contributed by atoms with Crippen LogP contribution in [0.2, 0.25) is 0 Å². The van der Waals surface area contributed by atoms with Gasteiger partial charge in [0.25, 0.3) is 0 Å². The van der Waals surface area contributed by atoms with Crippen LogP contribution in [0.4, 0.5) is 0 Å². The quantitative estimate of drug-likeness (QED) is 0.0147. The van der Waals surface area contributed by atoms with Crippen molar-refractivity contribution >= 4 is 81.8 Å². The molecule has 0 spiro atoms. The molecule has 0 aliphatic rings. The number of rotatable bonds is 37. The number of guanidine groups is 2. The van der Waals surface area contributed by atoms with Crippen LogP contribution in [0, 0.1) is 5.92 Å². The fourth-order valence-electron chi connectivity index (χ4n) is 8.69. The Balaban J connectivity index is 1.85. The van der Waals surface area contributed by atoms with Crippen molar-refractivity contribution in [1.82, 2.24) is 57.4 Å². The number of fused-ring (bicyclic) bond motifs is 1. The Kier molecular flexibility index (Phi) is 29.8. The number of nitrogens with zero attached hydrogens (tertiary/aromatic N) is 4. The van der Waals surface area contributed by atoms with Crippen molar-refractivity contribution in [3.8, 4) is 0 Å². The van der Waals surface area contributed by atoms with Crippen molar-refractivity contribution in [2.24, 2.45) is 44.6 Å². The summed E-state index contributed by atoms with van der Waals surface area (Å²) in [7, 11) is 0. The summed E-state index contributed by atoms with van der Waals surface area (Å²) in [6, 6.07) is 1.33. The third-order valence-electron chi connectivity index (χ3n) is 13.7. The lowest BCUT2D eigenvalue weighted by molar-refractivity contribution is -0.143. The van der Waals surface area contributed by atoms with Crippen LogP contribution in [0.1, 0.15) is 91.3 Å². The number of nitrogens with one attached hydrogen (secondary N) is 9. The molecule has 474 valence electrons. The Labute approximate surface area is 498 Å². The average molecular weight is 1210 g/mol. The number of amides is 9. The summed E-state index contributed by atoms with van der Waals surface area (Å²) >= 11 is 0. The monoisotopic (exact) mass is 1210 g/mol. The summed E-state index contributed by atoms with van der Waals surface area (Å²) in [6.07, 6.45) is 0.554. The Hall–Kier alpha value is -8.97. The second-order valence-corrected chi connectivity index (χ2v) is 20.8. The molecule has 9 amide bonds. The minimum absolute atomic E-state index is 0.0217. The normalized spacial score (nSPS) is 14.9. The predicted octanol–water partition coefficient (Wildman–Crippen LogP) is -4.56. The van der Waals surface area contributed by atoms with E-state index in [0.717, 1.165) is 29.5 Å². The molecule has 1 aromatic heterocycles. The summed E-state index contributed by atoms with van der Waals surface area (Å²) in [4.78, 5) is 152. The van der Waals surface area contributed by atoms with E-state index in [-0.39, 0.29) is 63.7 Å². The molecule has 3 rings (SSSR count). The molecule has 11 atom stereocenters. The molecule has 1 heterocycles. The first-order chi connectivity index (χ1) is 40.7. The number of carboxylic acid groups (broad SMARTS) is 1. The summed E-state index contributed by atoms with van der Waals surface area (Å²) in [5, 5.41) is 52.9. The Bertz CT molecular complexity index is 2820. The van der Waals surface area contributed by atoms with E-state index in [1.165, 1.54) is 19.4 Å². The average Bonchev–Trinajstić information content (AvgIpc) is 2.38. The number of aromatic amines is 1. The summed E-state index contributed by atoms with van der Waals surface area (Å²) in [5.41, 5.74) is 28.7. The van der Waals surface area contributed by atoms with Gasteiger partial charge in [-0.25, -0.2) is 9.78 Å². The van der Waals surface area contributed by atoms with Gasteiger partial charge in [-0.15, -0.1) is 0 Å². The molecular weight excluding hydrogens is 1120 g/mol. The minimum atomic E-state index is -1.87. The third-order valence-corrected chi connectivity index (χ3v) is 13.7. The van der Waals surface area contributed by atoms with E-state index in [4.69, 9.17) is 28.7 Å². The van der Waals surface area contributed by atoms with Gasteiger partial charge < -0.3 is 96.4 Å². The van der Waals surface area contributed by atoms with Gasteiger partial charge >= 0.3 is 5.97 Å². The first-order valence-corrected chi connectivity index (χ1v) is 28.2. The van der Waals surface area contributed by atoms with Crippen molar-refractivity contribution in [3.05, 3.63) is 66.2 Å². The molecule has 0 saturated heterocycles. The van der Waals surface area contributed by atoms with Gasteiger partial charge in [-0.3, -0.25) is 53.1 Å². The smallest absolute Gasteiger partial charge is 0.326 e. The van der Waals surface area contributed by atoms with Crippen LogP contribution < -0.4 is 71.2 Å². The second-order valence-electron chi connectivity index (χ2n) is 20.8. The number of H-pyrrole nitrogens is 1. The fourth-order valence-corrected chi connectivity index (χ4v) is 8.69. The van der Waals surface area contributed by atoms with E-state index in [9.17, 15) is 63.3 Å². The minimum Gasteiger partial charge on any atom is -0.480 e. The highest BCUT2D eigenvalue weighted by atomic mass is 16.4. The van der Waals surface area contributed by atoms with Gasteiger partial charge in [0.15, 0.2) is 11.9 Å². The van der Waals surface area contributed by atoms with Gasteiger partial charge in [-0.05, 0) is 68.7 Å². The molecule has 0 bridgehead atoms. The Morgan fingerprint density at radius 1 is 0.640 bits per heavy atom. The molecule has 31 heteroatoms. The zero-order valence-corrected chi connectivity index (χ0v) is 49.3. The number of aromatic nitrogens is 2. The van der Waals surface area contributed by atoms with Crippen molar-refractivity contribution < 1.29 is 63.3 Å². The standard InChI is InChI=1S/C55H86N18O13/c1-7-14-38(53(85)86)67-51(83)43(29(3)8-2)70-41(76)27-73(22-13-21-63-55(59)60)42(77)26-64-50(82)44(31(5)74)72-52(84)45(32(6)75)71-49(81)40(24-35-25-61-28-65-35)69-48(80)39(23-34-17-11-16-33-15-9-10-18-36(33)34)68-46(78)30(4)66-47(79)37(56)19-12-20-62-54(57)58/h9-11,15-18,25,28-32,37-40,43-45,74-75H,7-8,12-14,19-24,26-27,56H2,1-6H3,(H,61,65)(H,64,82)(H,66,79)(H,67,83)(H,68,78)(H,69,80)(H,70,76)(H,71,81)(H,72,84)(H,85,86)(H4,57,58,62)(H4,59,60,63)/t29?,30-,31+,32+,37-,38-,39-,40-,43-,44-,45-/m0/s1. The number of benzene rings is 2. The number of carbonyl (C=O) groups excluding carboxylic acids is 9. The SMILES string of the molecule is CCC[C@H](NC(=O)[C@@H](NC(=O)CN(CCCN=C(N)N)C(=O)CNC(=O)[C@@H](NC(=O)[C@@H](NC(=O)[C@H](Cc1cnc[nH]1)NC(=O)[C@H](Cc1cccc2ccccc12)NC(=O)[C@H](C)NC(=O)[C@@H](N)CCCN=C(N)N)[C@@H](C)O)[C@@H](C)O)C(C)CC)C(=O)O. The zero-order chi connectivity index (χ0) is 64.2. The molecule has 86 heavy (non-hydrogen) atoms. The predicted molar refractivity (Wildman–Crippen MR) is 317 cm³/mol. The van der Waals surface area contributed by atoms with Gasteiger partial charge in [-0.1, -0.05) is 76.1 Å². The lowest BCUT2D eigenvalue weighted by Gasteiger charge is -2.29. The van der Waals surface area contributed by atoms with Crippen LogP contribution in [0.3, 0.4) is 0 Å². The van der Waals surface area contributed by atoms with E-state index >= 15 is 0 Å². The van der Waals surface area contributed by atoms with Gasteiger partial charge in [0, 0.05) is 44.4 Å². The van der Waals surface area contributed by atoms with E-state index in [0.29, 0.717) is 30.5 Å². The molecule has 0 saturated carbocycles. The highest BCUT2D eigenvalue weighted by molar-refractivity contribution is 5.98. The molecule has 22 N–H and O–H groups in total. The number of carboxylic acids is 1. The molecule has 0 aliphatic heterocycles. The van der Waals surface area contributed by atoms with Crippen molar-refractivity contribution in [1.29, 1.82) is 0 Å². The zero-order valence-electron chi connectivity index (χ0n) is 49.3. The highest BCUT2D eigenvalue weighted by Crippen LogP contribution is 2.20. The first-order valence-electron chi connectivity index (χ1n) is 28.2. The number of nitrogens with two attached hydrogens (primary N) is 5. The van der Waals surface area contributed by atoms with Crippen LogP contribution in [-0.2, 0) is 60.8 Å². The molecule has 1 unspecified atom stereocenters. The topological polar surface area (TPSA) is 514 Å². The van der Waals surface area contributed by atoms with Gasteiger partial charge in [0.1, 0.15) is 42.3 Å². The van der Waals surface area contributed by atoms with E-state index in [2.05, 4.69) is 62.5 Å². The molecule has 31 nitrogen and oxygen atoms in total. The van der Waals surface area contributed by atoms with Gasteiger partial charge in [-0.2, -0.15) is 0 Å². The maximum atomic E-state index is 14.6. The summed E-state index contributed by atoms with van der Waals surface area (Å²) in [6.45, 7) is 7.48. The number of hydrogen-bond acceptors (Lipinski definition) is 16.